The first-order chi connectivity index (χ1) is 11.6. The first-order valence-electron chi connectivity index (χ1n) is 9.03. The van der Waals surface area contributed by atoms with Crippen molar-refractivity contribution in [1.29, 1.82) is 0 Å². The summed E-state index contributed by atoms with van der Waals surface area (Å²) in [5.74, 6) is 0.135. The third-order valence-electron chi connectivity index (χ3n) is 4.84. The molecular formula is C20H28N2O2. The van der Waals surface area contributed by atoms with E-state index in [0.717, 1.165) is 44.6 Å². The molecule has 2 aliphatic heterocycles. The average Bonchev–Trinajstić information content (AvgIpc) is 3.01. The fourth-order valence-corrected chi connectivity index (χ4v) is 3.87. The van der Waals surface area contributed by atoms with Crippen LogP contribution in [0.2, 0.25) is 0 Å². The lowest BCUT2D eigenvalue weighted by Crippen LogP contribution is -2.50. The van der Waals surface area contributed by atoms with Crippen LogP contribution in [0, 0.1) is 0 Å². The van der Waals surface area contributed by atoms with Crippen LogP contribution in [0.5, 0.6) is 0 Å². The second-order valence-electron chi connectivity index (χ2n) is 7.05. The molecular weight excluding hydrogens is 300 g/mol. The number of carbonyl (C=O) groups is 1. The van der Waals surface area contributed by atoms with Crippen LogP contribution in [0.15, 0.2) is 36.4 Å². The maximum absolute atomic E-state index is 12.6. The van der Waals surface area contributed by atoms with Crippen molar-refractivity contribution in [3.05, 3.63) is 42.0 Å². The van der Waals surface area contributed by atoms with Gasteiger partial charge < -0.3 is 9.64 Å². The Labute approximate surface area is 145 Å². The van der Waals surface area contributed by atoms with Gasteiger partial charge in [-0.2, -0.15) is 0 Å². The second-order valence-corrected chi connectivity index (χ2v) is 7.05. The molecule has 1 aromatic carbocycles. The Bertz CT molecular complexity index is 562. The third kappa shape index (κ3) is 4.46. The quantitative estimate of drug-likeness (QED) is 0.797. The van der Waals surface area contributed by atoms with Gasteiger partial charge in [0.1, 0.15) is 0 Å². The SMILES string of the molecule is CC1CN(CC2CCCN2C(=O)/C=C/c2ccccc2)CC(C)O1. The van der Waals surface area contributed by atoms with Crippen LogP contribution in [-0.4, -0.2) is 60.1 Å². The number of benzene rings is 1. The number of rotatable bonds is 4. The van der Waals surface area contributed by atoms with Crippen molar-refractivity contribution in [3.8, 4) is 0 Å². The monoisotopic (exact) mass is 328 g/mol. The molecule has 0 radical (unpaired) electrons. The number of nitrogens with zero attached hydrogens (tertiary/aromatic N) is 2. The van der Waals surface area contributed by atoms with Crippen molar-refractivity contribution in [3.63, 3.8) is 0 Å². The highest BCUT2D eigenvalue weighted by Gasteiger charge is 2.31. The summed E-state index contributed by atoms with van der Waals surface area (Å²) in [6.07, 6.45) is 6.39. The number of likely N-dealkylation sites (tertiary alicyclic amines) is 1. The van der Waals surface area contributed by atoms with Crippen LogP contribution in [0.1, 0.15) is 32.3 Å². The molecule has 24 heavy (non-hydrogen) atoms. The van der Waals surface area contributed by atoms with E-state index in [0.29, 0.717) is 6.04 Å². The van der Waals surface area contributed by atoms with Crippen LogP contribution in [-0.2, 0) is 9.53 Å². The van der Waals surface area contributed by atoms with Crippen LogP contribution >= 0.6 is 0 Å². The van der Waals surface area contributed by atoms with Gasteiger partial charge in [-0.05, 0) is 38.3 Å². The number of ether oxygens (including phenoxy) is 1. The van der Waals surface area contributed by atoms with E-state index < -0.39 is 0 Å². The van der Waals surface area contributed by atoms with E-state index in [1.165, 1.54) is 0 Å². The summed E-state index contributed by atoms with van der Waals surface area (Å²) < 4.78 is 5.81. The number of amides is 1. The van der Waals surface area contributed by atoms with Gasteiger partial charge in [-0.15, -0.1) is 0 Å². The molecule has 0 bridgehead atoms. The molecule has 3 rings (SSSR count). The zero-order chi connectivity index (χ0) is 16.9. The van der Waals surface area contributed by atoms with Crippen LogP contribution in [0.3, 0.4) is 0 Å². The predicted molar refractivity (Wildman–Crippen MR) is 96.7 cm³/mol. The van der Waals surface area contributed by atoms with Gasteiger partial charge in [-0.25, -0.2) is 0 Å². The van der Waals surface area contributed by atoms with E-state index in [1.54, 1.807) is 6.08 Å². The first kappa shape index (κ1) is 17.2. The standard InChI is InChI=1S/C20H28N2O2/c1-16-13-21(14-17(2)24-16)15-19-9-6-12-22(19)20(23)11-10-18-7-4-3-5-8-18/h3-5,7-8,10-11,16-17,19H,6,9,12-15H2,1-2H3/b11-10+. The molecule has 3 unspecified atom stereocenters. The van der Waals surface area contributed by atoms with Crippen molar-refractivity contribution in [2.45, 2.75) is 44.9 Å². The number of hydrogen-bond acceptors (Lipinski definition) is 3. The highest BCUT2D eigenvalue weighted by Crippen LogP contribution is 2.21. The van der Waals surface area contributed by atoms with Crippen molar-refractivity contribution in [1.82, 2.24) is 9.80 Å². The molecule has 130 valence electrons. The van der Waals surface area contributed by atoms with Crippen molar-refractivity contribution in [2.24, 2.45) is 0 Å². The van der Waals surface area contributed by atoms with Crippen LogP contribution in [0.25, 0.3) is 6.08 Å². The zero-order valence-corrected chi connectivity index (χ0v) is 14.7. The molecule has 2 saturated heterocycles. The molecule has 0 saturated carbocycles. The smallest absolute Gasteiger partial charge is 0.246 e. The van der Waals surface area contributed by atoms with Crippen molar-refractivity contribution in [2.75, 3.05) is 26.2 Å². The first-order valence-corrected chi connectivity index (χ1v) is 9.03. The molecule has 1 amide bonds. The largest absolute Gasteiger partial charge is 0.373 e. The minimum absolute atomic E-state index is 0.135. The Morgan fingerprint density at radius 2 is 1.92 bits per heavy atom. The fourth-order valence-electron chi connectivity index (χ4n) is 3.87. The summed E-state index contributed by atoms with van der Waals surface area (Å²) in [6, 6.07) is 10.3. The van der Waals surface area contributed by atoms with E-state index in [4.69, 9.17) is 4.74 Å². The summed E-state index contributed by atoms with van der Waals surface area (Å²) in [7, 11) is 0. The van der Waals surface area contributed by atoms with E-state index in [-0.39, 0.29) is 18.1 Å². The van der Waals surface area contributed by atoms with E-state index in [1.807, 2.05) is 41.3 Å². The third-order valence-corrected chi connectivity index (χ3v) is 4.84. The molecule has 2 heterocycles. The topological polar surface area (TPSA) is 32.8 Å². The van der Waals surface area contributed by atoms with Gasteiger partial charge in [0.2, 0.25) is 5.91 Å². The van der Waals surface area contributed by atoms with Crippen molar-refractivity contribution < 1.29 is 9.53 Å². The van der Waals surface area contributed by atoms with Gasteiger partial charge in [0.05, 0.1) is 12.2 Å². The molecule has 4 nitrogen and oxygen atoms in total. The lowest BCUT2D eigenvalue weighted by atomic mass is 10.1. The highest BCUT2D eigenvalue weighted by molar-refractivity contribution is 5.92. The maximum atomic E-state index is 12.6. The second kappa shape index (κ2) is 7.95. The zero-order valence-electron chi connectivity index (χ0n) is 14.7. The average molecular weight is 328 g/mol. The van der Waals surface area contributed by atoms with Gasteiger partial charge in [0.15, 0.2) is 0 Å². The predicted octanol–water partition coefficient (Wildman–Crippen LogP) is 2.80. The number of hydrogen-bond donors (Lipinski definition) is 0. The summed E-state index contributed by atoms with van der Waals surface area (Å²) in [6.45, 7) is 8.01. The fraction of sp³-hybridized carbons (Fsp3) is 0.550. The molecule has 0 N–H and O–H groups in total. The molecule has 1 aromatic rings. The molecule has 3 atom stereocenters. The lowest BCUT2D eigenvalue weighted by Gasteiger charge is -2.38. The van der Waals surface area contributed by atoms with Gasteiger partial charge in [0.25, 0.3) is 0 Å². The molecule has 0 aromatic heterocycles. The number of carbonyl (C=O) groups excluding carboxylic acids is 1. The van der Waals surface area contributed by atoms with Gasteiger partial charge >= 0.3 is 0 Å². The Morgan fingerprint density at radius 1 is 1.21 bits per heavy atom. The Morgan fingerprint density at radius 3 is 2.62 bits per heavy atom. The van der Waals surface area contributed by atoms with E-state index in [2.05, 4.69) is 18.7 Å². The summed E-state index contributed by atoms with van der Waals surface area (Å²) in [4.78, 5) is 17.1. The number of morpholine rings is 1. The highest BCUT2D eigenvalue weighted by atomic mass is 16.5. The molecule has 0 spiro atoms. The molecule has 2 fully saturated rings. The van der Waals surface area contributed by atoms with Gasteiger partial charge in [0, 0.05) is 38.3 Å². The maximum Gasteiger partial charge on any atom is 0.246 e. The Hall–Kier alpha value is -1.65. The van der Waals surface area contributed by atoms with Crippen LogP contribution < -0.4 is 0 Å². The van der Waals surface area contributed by atoms with Crippen molar-refractivity contribution >= 4 is 12.0 Å². The summed E-state index contributed by atoms with van der Waals surface area (Å²) >= 11 is 0. The molecule has 2 aliphatic rings. The minimum Gasteiger partial charge on any atom is -0.373 e. The molecule has 4 heteroatoms. The summed E-state index contributed by atoms with van der Waals surface area (Å²) in [5.41, 5.74) is 1.07. The lowest BCUT2D eigenvalue weighted by molar-refractivity contribution is -0.127. The normalized spacial score (nSPS) is 28.6. The summed E-state index contributed by atoms with van der Waals surface area (Å²) in [5, 5.41) is 0. The minimum atomic E-state index is 0.135. The van der Waals surface area contributed by atoms with Gasteiger partial charge in [-0.3, -0.25) is 9.69 Å². The Balaban J connectivity index is 1.58. The molecule has 0 aliphatic carbocycles. The van der Waals surface area contributed by atoms with Gasteiger partial charge in [-0.1, -0.05) is 30.3 Å². The Kier molecular flexibility index (Phi) is 5.69. The van der Waals surface area contributed by atoms with Crippen LogP contribution in [0.4, 0.5) is 0 Å². The van der Waals surface area contributed by atoms with E-state index in [9.17, 15) is 4.79 Å². The van der Waals surface area contributed by atoms with E-state index >= 15 is 0 Å².